The highest BCUT2D eigenvalue weighted by atomic mass is 35.5. The lowest BCUT2D eigenvalue weighted by Gasteiger charge is -2.15. The second kappa shape index (κ2) is 11.8. The maximum absolute atomic E-state index is 12.9. The summed E-state index contributed by atoms with van der Waals surface area (Å²) in [5.41, 5.74) is 3.50. The van der Waals surface area contributed by atoms with Crippen LogP contribution in [0.4, 0.5) is 14.9 Å². The number of thioether (sulfide) groups is 1. The second-order valence-electron chi connectivity index (χ2n) is 8.59. The monoisotopic (exact) mass is 531 g/mol. The van der Waals surface area contributed by atoms with E-state index in [1.807, 2.05) is 36.4 Å². The van der Waals surface area contributed by atoms with Crippen molar-refractivity contribution >= 4 is 41.1 Å². The number of anilines is 1. The number of alkyl halides is 1. The number of benzene rings is 2. The van der Waals surface area contributed by atoms with Crippen molar-refractivity contribution < 1.29 is 23.2 Å². The van der Waals surface area contributed by atoms with E-state index in [1.54, 1.807) is 37.7 Å². The van der Waals surface area contributed by atoms with E-state index in [0.29, 0.717) is 46.3 Å². The van der Waals surface area contributed by atoms with Gasteiger partial charge in [-0.2, -0.15) is 11.8 Å². The highest BCUT2D eigenvalue weighted by Gasteiger charge is 2.38. The molecule has 3 atom stereocenters. The van der Waals surface area contributed by atoms with Gasteiger partial charge in [-0.15, -0.1) is 0 Å². The van der Waals surface area contributed by atoms with Crippen molar-refractivity contribution in [3.05, 3.63) is 70.4 Å². The lowest BCUT2D eigenvalue weighted by Crippen LogP contribution is -2.27. The number of amides is 2. The first-order valence-electron chi connectivity index (χ1n) is 11.6. The van der Waals surface area contributed by atoms with E-state index in [-0.39, 0.29) is 11.9 Å². The van der Waals surface area contributed by atoms with E-state index in [1.165, 1.54) is 0 Å². The van der Waals surface area contributed by atoms with E-state index >= 15 is 0 Å². The Kier molecular flexibility index (Phi) is 8.53. The van der Waals surface area contributed by atoms with Gasteiger partial charge < -0.3 is 14.6 Å². The molecule has 1 aromatic heterocycles. The summed E-state index contributed by atoms with van der Waals surface area (Å²) in [6, 6.07) is 14.6. The van der Waals surface area contributed by atoms with Gasteiger partial charge in [-0.25, -0.2) is 9.18 Å². The Morgan fingerprint density at radius 2 is 1.97 bits per heavy atom. The molecule has 2 amide bonds. The van der Waals surface area contributed by atoms with Crippen LogP contribution in [-0.4, -0.2) is 35.1 Å². The summed E-state index contributed by atoms with van der Waals surface area (Å²) < 4.78 is 23.8. The largest absolute Gasteiger partial charge is 0.441 e. The van der Waals surface area contributed by atoms with Gasteiger partial charge in [0.25, 0.3) is 0 Å². The van der Waals surface area contributed by atoms with Crippen LogP contribution in [0.5, 0.6) is 0 Å². The molecule has 2 N–H and O–H groups in total. The molecule has 36 heavy (non-hydrogen) atoms. The zero-order chi connectivity index (χ0) is 25.7. The van der Waals surface area contributed by atoms with Gasteiger partial charge in [0.05, 0.1) is 6.04 Å². The number of rotatable bonds is 10. The smallest absolute Gasteiger partial charge is 0.412 e. The van der Waals surface area contributed by atoms with Crippen LogP contribution in [0.1, 0.15) is 42.7 Å². The van der Waals surface area contributed by atoms with Crippen molar-refractivity contribution in [3.8, 4) is 11.3 Å². The highest BCUT2D eigenvalue weighted by molar-refractivity contribution is 7.98. The fourth-order valence-electron chi connectivity index (χ4n) is 3.57. The van der Waals surface area contributed by atoms with Gasteiger partial charge in [-0.05, 0) is 25.5 Å². The fourth-order valence-corrected chi connectivity index (χ4v) is 4.77. The summed E-state index contributed by atoms with van der Waals surface area (Å²) in [4.78, 5) is 24.3. The first-order valence-corrected chi connectivity index (χ1v) is 13.1. The Balaban J connectivity index is 1.30. The highest BCUT2D eigenvalue weighted by Crippen LogP contribution is 2.32. The second-order valence-corrected chi connectivity index (χ2v) is 10.1. The first kappa shape index (κ1) is 26.0. The number of hydrogen-bond donors (Lipinski definition) is 2. The molecule has 0 radical (unpaired) electrons. The molecule has 7 nitrogen and oxygen atoms in total. The third-order valence-corrected chi connectivity index (χ3v) is 7.11. The molecular formula is C26H27ClFN3O4S. The third-order valence-electron chi connectivity index (χ3n) is 5.73. The number of nitrogens with zero attached hydrogens (tertiary/aromatic N) is 1. The molecule has 2 aromatic carbocycles. The molecule has 0 bridgehead atoms. The summed E-state index contributed by atoms with van der Waals surface area (Å²) in [5, 5.41) is 9.94. The van der Waals surface area contributed by atoms with Crippen LogP contribution in [-0.2, 0) is 15.3 Å². The van der Waals surface area contributed by atoms with Crippen molar-refractivity contribution in [2.45, 2.75) is 50.8 Å². The van der Waals surface area contributed by atoms with Crippen molar-refractivity contribution in [1.82, 2.24) is 10.5 Å². The van der Waals surface area contributed by atoms with E-state index in [4.69, 9.17) is 20.9 Å². The average Bonchev–Trinajstić information content (AvgIpc) is 3.43. The van der Waals surface area contributed by atoms with Crippen molar-refractivity contribution in [2.24, 2.45) is 0 Å². The predicted molar refractivity (Wildman–Crippen MR) is 139 cm³/mol. The first-order chi connectivity index (χ1) is 17.3. The quantitative estimate of drug-likeness (QED) is 0.291. The fraction of sp³-hybridized carbons (Fsp3) is 0.346. The van der Waals surface area contributed by atoms with Gasteiger partial charge in [0, 0.05) is 40.5 Å². The van der Waals surface area contributed by atoms with Gasteiger partial charge in [-0.3, -0.25) is 10.1 Å². The Morgan fingerprint density at radius 1 is 1.25 bits per heavy atom. The zero-order valence-corrected chi connectivity index (χ0v) is 21.5. The normalized spacial score (nSPS) is 17.3. The van der Waals surface area contributed by atoms with Gasteiger partial charge in [0.2, 0.25) is 5.91 Å². The van der Waals surface area contributed by atoms with Crippen LogP contribution >= 0.6 is 23.4 Å². The summed E-state index contributed by atoms with van der Waals surface area (Å²) in [7, 11) is 0. The van der Waals surface area contributed by atoms with Crippen molar-refractivity contribution in [3.63, 3.8) is 0 Å². The zero-order valence-electron chi connectivity index (χ0n) is 19.9. The van der Waals surface area contributed by atoms with Crippen LogP contribution in [0.3, 0.4) is 0 Å². The number of carbonyl (C=O) groups excluding carboxylic acids is 2. The molecule has 0 saturated heterocycles. The Bertz CT molecular complexity index is 1220. The van der Waals surface area contributed by atoms with Crippen LogP contribution in [0.25, 0.3) is 11.3 Å². The Hall–Kier alpha value is -3.04. The number of nitrogens with one attached hydrogen (secondary N) is 2. The predicted octanol–water partition coefficient (Wildman–Crippen LogP) is 6.46. The van der Waals surface area contributed by atoms with E-state index in [0.717, 1.165) is 16.9 Å². The van der Waals surface area contributed by atoms with E-state index in [2.05, 4.69) is 15.8 Å². The lowest BCUT2D eigenvalue weighted by molar-refractivity contribution is -0.120. The number of aryl methyl sites for hydroxylation is 1. The SMILES string of the molecule is Cc1noc(-c2ccc(CSCCC(=O)N[C@@H]3C[C@H]3F)cc2)c1NC(=O)OC(C)c1ccccc1Cl. The third kappa shape index (κ3) is 6.79. The van der Waals surface area contributed by atoms with Gasteiger partial charge in [0.15, 0.2) is 5.76 Å². The molecule has 0 spiro atoms. The molecule has 1 aliphatic carbocycles. The molecule has 1 unspecified atom stereocenters. The minimum atomic E-state index is -0.883. The molecule has 10 heteroatoms. The molecule has 1 aliphatic rings. The van der Waals surface area contributed by atoms with Gasteiger partial charge in [0.1, 0.15) is 23.7 Å². The Morgan fingerprint density at radius 3 is 2.67 bits per heavy atom. The maximum atomic E-state index is 12.9. The van der Waals surface area contributed by atoms with Crippen molar-refractivity contribution in [2.75, 3.05) is 11.1 Å². The molecule has 3 aromatic rings. The minimum absolute atomic E-state index is 0.108. The van der Waals surface area contributed by atoms with Gasteiger partial charge in [-0.1, -0.05) is 59.2 Å². The molecule has 1 saturated carbocycles. The minimum Gasteiger partial charge on any atom is -0.441 e. The van der Waals surface area contributed by atoms with Crippen LogP contribution in [0.15, 0.2) is 53.1 Å². The number of halogens is 2. The molecule has 1 heterocycles. The van der Waals surface area contributed by atoms with E-state index < -0.39 is 18.4 Å². The topological polar surface area (TPSA) is 93.5 Å². The summed E-state index contributed by atoms with van der Waals surface area (Å²) >= 11 is 7.83. The molecule has 1 fully saturated rings. The summed E-state index contributed by atoms with van der Waals surface area (Å²) in [6.07, 6.45) is -1.28. The van der Waals surface area contributed by atoms with Crippen LogP contribution < -0.4 is 10.6 Å². The molecule has 0 aliphatic heterocycles. The van der Waals surface area contributed by atoms with Crippen LogP contribution in [0.2, 0.25) is 5.02 Å². The summed E-state index contributed by atoms with van der Waals surface area (Å²) in [6.45, 7) is 3.48. The molecule has 4 rings (SSSR count). The summed E-state index contributed by atoms with van der Waals surface area (Å²) in [5.74, 6) is 1.71. The standard InChI is InChI=1S/C26H27ClFN3O4S/c1-15-24(30-26(33)34-16(2)19-5-3-4-6-20(19)27)25(35-31-15)18-9-7-17(8-10-18)14-36-12-11-23(32)29-22-13-21(22)28/h3-10,16,21-22H,11-14H2,1-2H3,(H,29,32)(H,30,33)/t16?,21-,22-/m1/s1. The average molecular weight is 532 g/mol. The number of ether oxygens (including phenoxy) is 1. The Labute approximate surface area is 218 Å². The van der Waals surface area contributed by atoms with Crippen molar-refractivity contribution in [1.29, 1.82) is 0 Å². The van der Waals surface area contributed by atoms with Gasteiger partial charge >= 0.3 is 6.09 Å². The molecular weight excluding hydrogens is 505 g/mol. The number of hydrogen-bond acceptors (Lipinski definition) is 6. The lowest BCUT2D eigenvalue weighted by atomic mass is 10.1. The van der Waals surface area contributed by atoms with Crippen LogP contribution in [0, 0.1) is 6.92 Å². The van der Waals surface area contributed by atoms with E-state index in [9.17, 15) is 14.0 Å². The molecule has 190 valence electrons. The number of aromatic nitrogens is 1. The maximum Gasteiger partial charge on any atom is 0.412 e. The number of carbonyl (C=O) groups is 2.